The second kappa shape index (κ2) is 4.18. The zero-order valence-electron chi connectivity index (χ0n) is 7.69. The smallest absolute Gasteiger partial charge is 0.232 e. The number of rotatable bonds is 3. The quantitative estimate of drug-likeness (QED) is 0.489. The molecule has 1 aliphatic heterocycles. The highest BCUT2D eigenvalue weighted by molar-refractivity contribution is 6.03. The van der Waals surface area contributed by atoms with Crippen LogP contribution in [0.5, 0.6) is 0 Å². The third kappa shape index (κ3) is 2.15. The maximum absolute atomic E-state index is 11.3. The maximum Gasteiger partial charge on any atom is 0.232 e. The van der Waals surface area contributed by atoms with E-state index < -0.39 is 0 Å². The molecule has 1 rings (SSSR count). The van der Waals surface area contributed by atoms with Gasteiger partial charge in [0.1, 0.15) is 0 Å². The molecule has 0 bridgehead atoms. The van der Waals surface area contributed by atoms with Gasteiger partial charge in [0.05, 0.1) is 0 Å². The first-order chi connectivity index (χ1) is 6.16. The molecule has 1 aliphatic rings. The highest BCUT2D eigenvalue weighted by Crippen LogP contribution is 2.17. The van der Waals surface area contributed by atoms with Crippen LogP contribution in [0.15, 0.2) is 12.2 Å². The fourth-order valence-electron chi connectivity index (χ4n) is 1.32. The van der Waals surface area contributed by atoms with Crippen molar-refractivity contribution in [1.82, 2.24) is 4.90 Å². The van der Waals surface area contributed by atoms with E-state index in [-0.39, 0.29) is 17.7 Å². The van der Waals surface area contributed by atoms with E-state index in [0.717, 1.165) is 0 Å². The summed E-state index contributed by atoms with van der Waals surface area (Å²) in [4.78, 5) is 23.9. The van der Waals surface area contributed by atoms with E-state index in [4.69, 9.17) is 5.73 Å². The molecule has 1 heterocycles. The van der Waals surface area contributed by atoms with Crippen LogP contribution in [-0.2, 0) is 9.59 Å². The van der Waals surface area contributed by atoms with Crippen LogP contribution in [0, 0.1) is 5.92 Å². The molecule has 13 heavy (non-hydrogen) atoms. The summed E-state index contributed by atoms with van der Waals surface area (Å²) in [6.07, 6.45) is 3.83. The summed E-state index contributed by atoms with van der Waals surface area (Å²) < 4.78 is 0. The summed E-state index contributed by atoms with van der Waals surface area (Å²) in [5, 5.41) is 0. The van der Waals surface area contributed by atoms with Crippen molar-refractivity contribution in [3.8, 4) is 0 Å². The number of amides is 2. The lowest BCUT2D eigenvalue weighted by molar-refractivity contribution is -0.138. The Balaban J connectivity index is 2.54. The number of imide groups is 1. The molecule has 0 spiro atoms. The molecule has 2 amide bonds. The van der Waals surface area contributed by atoms with E-state index in [2.05, 4.69) is 0 Å². The van der Waals surface area contributed by atoms with Gasteiger partial charge in [-0.2, -0.15) is 0 Å². The lowest BCUT2D eigenvalue weighted by Gasteiger charge is -2.10. The van der Waals surface area contributed by atoms with Gasteiger partial charge in [-0.1, -0.05) is 19.1 Å². The molecular formula is C9H14N2O2. The second-order valence-corrected chi connectivity index (χ2v) is 3.15. The van der Waals surface area contributed by atoms with Gasteiger partial charge >= 0.3 is 0 Å². The van der Waals surface area contributed by atoms with Gasteiger partial charge < -0.3 is 5.73 Å². The molecule has 0 aromatic carbocycles. The van der Waals surface area contributed by atoms with Gasteiger partial charge in [0.15, 0.2) is 0 Å². The van der Waals surface area contributed by atoms with Crippen molar-refractivity contribution in [3.05, 3.63) is 12.2 Å². The van der Waals surface area contributed by atoms with E-state index in [0.29, 0.717) is 19.5 Å². The Labute approximate surface area is 77.4 Å². The predicted octanol–water partition coefficient (Wildman–Crippen LogP) is -0.104. The minimum Gasteiger partial charge on any atom is -0.327 e. The normalized spacial score (nSPS) is 23.5. The van der Waals surface area contributed by atoms with Gasteiger partial charge in [-0.25, -0.2) is 0 Å². The van der Waals surface area contributed by atoms with Crippen molar-refractivity contribution in [2.75, 3.05) is 13.1 Å². The Hall–Kier alpha value is -1.16. The third-order valence-electron chi connectivity index (χ3n) is 2.06. The molecular weight excluding hydrogens is 168 g/mol. The number of nitrogens with zero attached hydrogens (tertiary/aromatic N) is 1. The first kappa shape index (κ1) is 9.92. The summed E-state index contributed by atoms with van der Waals surface area (Å²) in [7, 11) is 0. The van der Waals surface area contributed by atoms with E-state index >= 15 is 0 Å². The van der Waals surface area contributed by atoms with Crippen molar-refractivity contribution in [3.63, 3.8) is 0 Å². The molecule has 2 N–H and O–H groups in total. The molecule has 1 fully saturated rings. The Morgan fingerprint density at radius 1 is 1.54 bits per heavy atom. The Morgan fingerprint density at radius 2 is 2.23 bits per heavy atom. The Morgan fingerprint density at radius 3 is 2.69 bits per heavy atom. The van der Waals surface area contributed by atoms with Gasteiger partial charge in [0, 0.05) is 25.4 Å². The largest absolute Gasteiger partial charge is 0.327 e. The van der Waals surface area contributed by atoms with Gasteiger partial charge in [0.25, 0.3) is 0 Å². The van der Waals surface area contributed by atoms with E-state index in [9.17, 15) is 9.59 Å². The van der Waals surface area contributed by atoms with Gasteiger partial charge in [0.2, 0.25) is 11.8 Å². The minimum atomic E-state index is -0.154. The standard InChI is InChI=1S/C9H14N2O2/c1-7-6-8(12)11(9(7)13)5-3-2-4-10/h2-3,7H,4-6,10H2,1H3/b3-2+. The molecule has 1 unspecified atom stereocenters. The molecule has 0 saturated carbocycles. The van der Waals surface area contributed by atoms with Crippen LogP contribution in [0.25, 0.3) is 0 Å². The highest BCUT2D eigenvalue weighted by Gasteiger charge is 2.34. The first-order valence-electron chi connectivity index (χ1n) is 4.36. The summed E-state index contributed by atoms with van der Waals surface area (Å²) in [5.74, 6) is -0.315. The lowest BCUT2D eigenvalue weighted by Crippen LogP contribution is -2.30. The molecule has 0 aromatic rings. The number of carbonyl (C=O) groups is 2. The summed E-state index contributed by atoms with van der Waals surface area (Å²) in [5.41, 5.74) is 5.23. The summed E-state index contributed by atoms with van der Waals surface area (Å²) in [6, 6.07) is 0. The Bertz CT molecular complexity index is 248. The molecule has 72 valence electrons. The fourth-order valence-corrected chi connectivity index (χ4v) is 1.32. The van der Waals surface area contributed by atoms with Gasteiger partial charge in [-0.15, -0.1) is 0 Å². The molecule has 1 saturated heterocycles. The van der Waals surface area contributed by atoms with Crippen LogP contribution < -0.4 is 5.73 Å². The molecule has 1 atom stereocenters. The zero-order chi connectivity index (χ0) is 9.84. The van der Waals surface area contributed by atoms with Crippen LogP contribution in [-0.4, -0.2) is 29.8 Å². The SMILES string of the molecule is CC1CC(=O)N(C/C=C/CN)C1=O. The van der Waals surface area contributed by atoms with Crippen molar-refractivity contribution in [2.24, 2.45) is 11.7 Å². The molecule has 0 aliphatic carbocycles. The number of hydrogen-bond donors (Lipinski definition) is 1. The minimum absolute atomic E-state index is 0.0772. The van der Waals surface area contributed by atoms with E-state index in [1.807, 2.05) is 0 Å². The monoisotopic (exact) mass is 182 g/mol. The number of likely N-dealkylation sites (tertiary alicyclic amines) is 1. The fraction of sp³-hybridized carbons (Fsp3) is 0.556. The predicted molar refractivity (Wildman–Crippen MR) is 48.7 cm³/mol. The second-order valence-electron chi connectivity index (χ2n) is 3.15. The van der Waals surface area contributed by atoms with Crippen LogP contribution >= 0.6 is 0 Å². The third-order valence-corrected chi connectivity index (χ3v) is 2.06. The van der Waals surface area contributed by atoms with Crippen molar-refractivity contribution >= 4 is 11.8 Å². The summed E-state index contributed by atoms with van der Waals surface area (Å²) >= 11 is 0. The van der Waals surface area contributed by atoms with Crippen molar-refractivity contribution in [1.29, 1.82) is 0 Å². The molecule has 0 radical (unpaired) electrons. The number of nitrogens with two attached hydrogens (primary N) is 1. The van der Waals surface area contributed by atoms with Crippen molar-refractivity contribution in [2.45, 2.75) is 13.3 Å². The van der Waals surface area contributed by atoms with E-state index in [1.165, 1.54) is 4.90 Å². The average molecular weight is 182 g/mol. The number of hydrogen-bond acceptors (Lipinski definition) is 3. The lowest BCUT2D eigenvalue weighted by atomic mass is 10.1. The molecule has 4 heteroatoms. The average Bonchev–Trinajstić information content (AvgIpc) is 2.32. The van der Waals surface area contributed by atoms with Gasteiger partial charge in [-0.05, 0) is 0 Å². The summed E-state index contributed by atoms with van der Waals surface area (Å²) in [6.45, 7) is 2.57. The van der Waals surface area contributed by atoms with Crippen LogP contribution in [0.1, 0.15) is 13.3 Å². The van der Waals surface area contributed by atoms with Gasteiger partial charge in [-0.3, -0.25) is 14.5 Å². The topological polar surface area (TPSA) is 63.4 Å². The molecule has 4 nitrogen and oxygen atoms in total. The number of carbonyl (C=O) groups excluding carboxylic acids is 2. The van der Waals surface area contributed by atoms with Crippen LogP contribution in [0.2, 0.25) is 0 Å². The maximum atomic E-state index is 11.3. The highest BCUT2D eigenvalue weighted by atomic mass is 16.2. The molecule has 0 aromatic heterocycles. The van der Waals surface area contributed by atoms with Crippen LogP contribution in [0.3, 0.4) is 0 Å². The zero-order valence-corrected chi connectivity index (χ0v) is 7.69. The van der Waals surface area contributed by atoms with E-state index in [1.54, 1.807) is 19.1 Å². The van der Waals surface area contributed by atoms with Crippen LogP contribution in [0.4, 0.5) is 0 Å². The first-order valence-corrected chi connectivity index (χ1v) is 4.36. The van der Waals surface area contributed by atoms with Crippen molar-refractivity contribution < 1.29 is 9.59 Å². The Kier molecular flexibility index (Phi) is 3.19.